The molecule has 1 aliphatic rings. The Morgan fingerprint density at radius 1 is 0.949 bits per heavy atom. The first-order valence-corrected chi connectivity index (χ1v) is 13.0. The fraction of sp³-hybridized carbons (Fsp3) is 0.300. The van der Waals surface area contributed by atoms with Crippen molar-refractivity contribution in [2.45, 2.75) is 58.3 Å². The minimum atomic E-state index is -0.704. The summed E-state index contributed by atoms with van der Waals surface area (Å²) in [6, 6.07) is 13.6. The number of hydrogen-bond donors (Lipinski definition) is 0. The van der Waals surface area contributed by atoms with Crippen LogP contribution in [0.5, 0.6) is 0 Å². The van der Waals surface area contributed by atoms with E-state index in [1.165, 1.54) is 17.7 Å². The molecule has 5 aromatic rings. The van der Waals surface area contributed by atoms with E-state index in [1.54, 1.807) is 0 Å². The van der Waals surface area contributed by atoms with E-state index in [0.29, 0.717) is 47.8 Å². The zero-order chi connectivity index (χ0) is 27.1. The molecule has 39 heavy (non-hydrogen) atoms. The molecule has 3 aromatic heterocycles. The first-order chi connectivity index (χ1) is 18.8. The molecule has 0 bridgehead atoms. The van der Waals surface area contributed by atoms with Crippen LogP contribution in [0, 0.1) is 25.5 Å². The van der Waals surface area contributed by atoms with Crippen molar-refractivity contribution in [2.75, 3.05) is 0 Å². The quantitative estimate of drug-likeness (QED) is 0.269. The molecule has 3 atom stereocenters. The molecule has 0 amide bonds. The van der Waals surface area contributed by atoms with Gasteiger partial charge < -0.3 is 4.74 Å². The number of nitrogens with zero attached hydrogens (tertiary/aromatic N) is 6. The third-order valence-electron chi connectivity index (χ3n) is 7.24. The largest absolute Gasteiger partial charge is 0.370 e. The molecule has 4 heterocycles. The van der Waals surface area contributed by atoms with Crippen LogP contribution in [-0.4, -0.2) is 35.8 Å². The Kier molecular flexibility index (Phi) is 6.60. The molecule has 1 unspecified atom stereocenters. The van der Waals surface area contributed by atoms with Crippen molar-refractivity contribution < 1.29 is 13.5 Å². The highest BCUT2D eigenvalue weighted by Gasteiger charge is 2.33. The van der Waals surface area contributed by atoms with Crippen molar-refractivity contribution in [3.8, 4) is 11.3 Å². The van der Waals surface area contributed by atoms with Gasteiger partial charge in [0.2, 0.25) is 0 Å². The fourth-order valence-corrected chi connectivity index (χ4v) is 5.16. The van der Waals surface area contributed by atoms with Gasteiger partial charge in [-0.15, -0.1) is 0 Å². The molecule has 0 saturated carbocycles. The zero-order valence-corrected chi connectivity index (χ0v) is 22.0. The van der Waals surface area contributed by atoms with Crippen molar-refractivity contribution in [1.29, 1.82) is 0 Å². The number of aromatic nitrogens is 6. The van der Waals surface area contributed by atoms with E-state index in [4.69, 9.17) is 14.7 Å². The van der Waals surface area contributed by atoms with E-state index in [2.05, 4.69) is 27.2 Å². The molecule has 1 fully saturated rings. The number of aryl methyl sites for hydroxylation is 2. The Bertz CT molecular complexity index is 1650. The van der Waals surface area contributed by atoms with Crippen molar-refractivity contribution in [2.24, 2.45) is 0 Å². The van der Waals surface area contributed by atoms with Crippen LogP contribution in [-0.2, 0) is 11.3 Å². The minimum Gasteiger partial charge on any atom is -0.370 e. The maximum Gasteiger partial charge on any atom is 0.182 e. The smallest absolute Gasteiger partial charge is 0.182 e. The number of rotatable bonds is 5. The summed E-state index contributed by atoms with van der Waals surface area (Å²) in [5.74, 6) is -0.867. The molecule has 0 aliphatic carbocycles. The highest BCUT2D eigenvalue weighted by Crippen LogP contribution is 2.40. The van der Waals surface area contributed by atoms with Crippen LogP contribution in [0.2, 0.25) is 0 Å². The van der Waals surface area contributed by atoms with Gasteiger partial charge in [0.1, 0.15) is 28.7 Å². The summed E-state index contributed by atoms with van der Waals surface area (Å²) < 4.78 is 36.9. The average molecular weight is 527 g/mol. The second-order valence-electron chi connectivity index (χ2n) is 10.2. The van der Waals surface area contributed by atoms with Crippen LogP contribution in [0.1, 0.15) is 60.1 Å². The van der Waals surface area contributed by atoms with Crippen molar-refractivity contribution in [1.82, 2.24) is 29.7 Å². The SMILES string of the molecule is Cc1nc2nc(C3C[C@@H](C)O[C@@H](c4cnn(Cc5ccccc5)c4)C3)nc(-c3ccc(F)cc3F)c2nc1C. The van der Waals surface area contributed by atoms with Crippen LogP contribution in [0.3, 0.4) is 0 Å². The van der Waals surface area contributed by atoms with Gasteiger partial charge in [0.25, 0.3) is 0 Å². The summed E-state index contributed by atoms with van der Waals surface area (Å²) in [5, 5.41) is 4.55. The van der Waals surface area contributed by atoms with Crippen molar-refractivity contribution >= 4 is 11.2 Å². The highest BCUT2D eigenvalue weighted by molar-refractivity contribution is 5.87. The average Bonchev–Trinajstić information content (AvgIpc) is 3.38. The Morgan fingerprint density at radius 3 is 2.54 bits per heavy atom. The number of halogens is 2. The van der Waals surface area contributed by atoms with Crippen LogP contribution >= 0.6 is 0 Å². The monoisotopic (exact) mass is 526 g/mol. The predicted octanol–water partition coefficient (Wildman–Crippen LogP) is 6.25. The summed E-state index contributed by atoms with van der Waals surface area (Å²) in [6.07, 6.45) is 4.95. The van der Waals surface area contributed by atoms with Gasteiger partial charge in [-0.3, -0.25) is 4.68 Å². The molecule has 7 nitrogen and oxygen atoms in total. The second-order valence-corrected chi connectivity index (χ2v) is 10.2. The summed E-state index contributed by atoms with van der Waals surface area (Å²) in [5.41, 5.74) is 4.87. The lowest BCUT2D eigenvalue weighted by atomic mass is 9.89. The Morgan fingerprint density at radius 2 is 1.74 bits per heavy atom. The van der Waals surface area contributed by atoms with Crippen LogP contribution in [0.25, 0.3) is 22.4 Å². The van der Waals surface area contributed by atoms with Gasteiger partial charge in [0, 0.05) is 29.3 Å². The van der Waals surface area contributed by atoms with Gasteiger partial charge in [0.15, 0.2) is 5.65 Å². The Labute approximate surface area is 224 Å². The molecule has 0 N–H and O–H groups in total. The van der Waals surface area contributed by atoms with Gasteiger partial charge in [0.05, 0.1) is 36.3 Å². The molecule has 1 saturated heterocycles. The summed E-state index contributed by atoms with van der Waals surface area (Å²) in [6.45, 7) is 6.40. The molecule has 6 rings (SSSR count). The second kappa shape index (κ2) is 10.2. The van der Waals surface area contributed by atoms with Crippen molar-refractivity contribution in [3.63, 3.8) is 0 Å². The molecule has 2 aromatic carbocycles. The maximum atomic E-state index is 14.9. The van der Waals surface area contributed by atoms with E-state index in [0.717, 1.165) is 17.3 Å². The van der Waals surface area contributed by atoms with E-state index >= 15 is 0 Å². The zero-order valence-electron chi connectivity index (χ0n) is 22.0. The lowest BCUT2D eigenvalue weighted by Crippen LogP contribution is -2.26. The third kappa shape index (κ3) is 5.14. The highest BCUT2D eigenvalue weighted by atomic mass is 19.1. The van der Waals surface area contributed by atoms with E-state index < -0.39 is 11.6 Å². The lowest BCUT2D eigenvalue weighted by molar-refractivity contribution is -0.0511. The van der Waals surface area contributed by atoms with Gasteiger partial charge in [-0.2, -0.15) is 5.10 Å². The third-order valence-corrected chi connectivity index (χ3v) is 7.24. The van der Waals surface area contributed by atoms with Gasteiger partial charge in [-0.05, 0) is 51.3 Å². The topological polar surface area (TPSA) is 78.6 Å². The maximum absolute atomic E-state index is 14.9. The molecular formula is C30H28F2N6O. The standard InChI is InChI=1S/C30H28F2N6O/c1-17-11-21(12-26(39-17)22-14-33-38(16-22)15-20-7-5-4-6-8-20)29-36-27(24-10-9-23(31)13-25(24)32)28-30(37-29)35-19(3)18(2)34-28/h4-10,13-14,16-17,21,26H,11-12,15H2,1-3H3/t17-,21?,26-/m1/s1. The van der Waals surface area contributed by atoms with E-state index in [9.17, 15) is 8.78 Å². The molecular weight excluding hydrogens is 498 g/mol. The molecule has 198 valence electrons. The number of benzene rings is 2. The number of fused-ring (bicyclic) bond motifs is 1. The molecule has 0 spiro atoms. The summed E-state index contributed by atoms with van der Waals surface area (Å²) in [7, 11) is 0. The lowest BCUT2D eigenvalue weighted by Gasteiger charge is -2.33. The summed E-state index contributed by atoms with van der Waals surface area (Å²) >= 11 is 0. The summed E-state index contributed by atoms with van der Waals surface area (Å²) in [4.78, 5) is 18.9. The van der Waals surface area contributed by atoms with Crippen LogP contribution in [0.15, 0.2) is 60.9 Å². The number of hydrogen-bond acceptors (Lipinski definition) is 6. The van der Waals surface area contributed by atoms with Gasteiger partial charge in [-0.1, -0.05) is 30.3 Å². The predicted molar refractivity (Wildman–Crippen MR) is 143 cm³/mol. The molecule has 9 heteroatoms. The fourth-order valence-electron chi connectivity index (χ4n) is 5.16. The minimum absolute atomic E-state index is 0.0534. The van der Waals surface area contributed by atoms with Gasteiger partial charge >= 0.3 is 0 Å². The normalized spacial score (nSPS) is 19.5. The first kappa shape index (κ1) is 25.2. The molecule has 1 aliphatic heterocycles. The van der Waals surface area contributed by atoms with Crippen molar-refractivity contribution in [3.05, 3.63) is 101 Å². The van der Waals surface area contributed by atoms with Crippen LogP contribution in [0.4, 0.5) is 8.78 Å². The number of ether oxygens (including phenoxy) is 1. The van der Waals surface area contributed by atoms with Gasteiger partial charge in [-0.25, -0.2) is 28.7 Å². The van der Waals surface area contributed by atoms with E-state index in [1.807, 2.05) is 56.0 Å². The molecule has 0 radical (unpaired) electrons. The van der Waals surface area contributed by atoms with E-state index in [-0.39, 0.29) is 23.7 Å². The van der Waals surface area contributed by atoms with Crippen LogP contribution < -0.4 is 0 Å². The first-order valence-electron chi connectivity index (χ1n) is 13.0. The Hall–Kier alpha value is -4.11. The Balaban J connectivity index is 1.36.